The van der Waals surface area contributed by atoms with Crippen molar-refractivity contribution in [1.82, 2.24) is 14.5 Å². The van der Waals surface area contributed by atoms with E-state index in [2.05, 4.69) is 9.97 Å². The summed E-state index contributed by atoms with van der Waals surface area (Å²) < 4.78 is 1.36. The first-order valence-corrected chi connectivity index (χ1v) is 6.72. The number of rotatable bonds is 4. The molecular formula is C12H13N3O4S. The molecule has 106 valence electrons. The number of nitrogens with zero attached hydrogens (tertiary/aromatic N) is 2. The van der Waals surface area contributed by atoms with Crippen LogP contribution in [0.3, 0.4) is 0 Å². The lowest BCUT2D eigenvalue weighted by Gasteiger charge is -2.13. The number of aromatic amines is 1. The van der Waals surface area contributed by atoms with Gasteiger partial charge in [-0.3, -0.25) is 14.2 Å². The molecule has 0 amide bonds. The van der Waals surface area contributed by atoms with Gasteiger partial charge in [-0.2, -0.15) is 4.98 Å². The zero-order valence-electron chi connectivity index (χ0n) is 11.0. The van der Waals surface area contributed by atoms with Crippen molar-refractivity contribution in [1.29, 1.82) is 0 Å². The maximum Gasteiger partial charge on any atom is 0.348 e. The second-order valence-electron chi connectivity index (χ2n) is 4.37. The molecule has 8 heteroatoms. The summed E-state index contributed by atoms with van der Waals surface area (Å²) in [6, 6.07) is 0. The van der Waals surface area contributed by atoms with Crippen LogP contribution in [0.5, 0.6) is 0 Å². The minimum atomic E-state index is -0.980. The van der Waals surface area contributed by atoms with E-state index in [0.717, 1.165) is 11.3 Å². The Morgan fingerprint density at radius 3 is 2.70 bits per heavy atom. The first kappa shape index (κ1) is 14.2. The standard InChI is InChI=1S/C12H13N3O4S/c1-6-9(3-10(16)17)7(2)15(11(18)13-6)4-8-5-20-12(19)14-8/h5H,3-4H2,1-2H3,(H,14,19)(H,16,17). The van der Waals surface area contributed by atoms with Gasteiger partial charge in [-0.1, -0.05) is 11.3 Å². The Kier molecular flexibility index (Phi) is 3.84. The predicted octanol–water partition coefficient (Wildman–Crippen LogP) is 0.285. The van der Waals surface area contributed by atoms with E-state index in [-0.39, 0.29) is 17.8 Å². The summed E-state index contributed by atoms with van der Waals surface area (Å²) in [6.45, 7) is 3.46. The van der Waals surface area contributed by atoms with Gasteiger partial charge in [0.25, 0.3) is 0 Å². The van der Waals surface area contributed by atoms with Gasteiger partial charge < -0.3 is 10.1 Å². The second-order valence-corrected chi connectivity index (χ2v) is 5.22. The topological polar surface area (TPSA) is 105 Å². The van der Waals surface area contributed by atoms with Crippen molar-refractivity contribution in [2.24, 2.45) is 0 Å². The summed E-state index contributed by atoms with van der Waals surface area (Å²) in [5.74, 6) is -0.980. The Hall–Kier alpha value is -2.22. The van der Waals surface area contributed by atoms with Gasteiger partial charge in [0.1, 0.15) is 0 Å². The van der Waals surface area contributed by atoms with Crippen LogP contribution in [0.2, 0.25) is 0 Å². The molecule has 2 heterocycles. The van der Waals surface area contributed by atoms with Crippen molar-refractivity contribution in [3.05, 3.63) is 48.2 Å². The zero-order valence-corrected chi connectivity index (χ0v) is 11.8. The third-order valence-corrected chi connectivity index (χ3v) is 3.72. The fraction of sp³-hybridized carbons (Fsp3) is 0.333. The molecule has 20 heavy (non-hydrogen) atoms. The molecule has 0 atom stereocenters. The Labute approximate surface area is 117 Å². The van der Waals surface area contributed by atoms with Gasteiger partial charge in [0.2, 0.25) is 0 Å². The molecule has 2 N–H and O–H groups in total. The number of carbonyl (C=O) groups is 1. The van der Waals surface area contributed by atoms with Gasteiger partial charge in [-0.05, 0) is 13.8 Å². The quantitative estimate of drug-likeness (QED) is 0.843. The number of H-pyrrole nitrogens is 1. The molecule has 0 saturated heterocycles. The average molecular weight is 295 g/mol. The smallest absolute Gasteiger partial charge is 0.348 e. The minimum absolute atomic E-state index is 0.170. The molecule has 0 saturated carbocycles. The fourth-order valence-corrected chi connectivity index (χ4v) is 2.57. The van der Waals surface area contributed by atoms with E-state index < -0.39 is 11.7 Å². The molecule has 0 bridgehead atoms. The van der Waals surface area contributed by atoms with E-state index in [0.29, 0.717) is 22.6 Å². The van der Waals surface area contributed by atoms with Crippen molar-refractivity contribution in [2.45, 2.75) is 26.8 Å². The van der Waals surface area contributed by atoms with Crippen LogP contribution in [0.1, 0.15) is 22.6 Å². The molecule has 2 rings (SSSR count). The van der Waals surface area contributed by atoms with Crippen LogP contribution in [-0.4, -0.2) is 25.6 Å². The SMILES string of the molecule is Cc1nc(=O)n(Cc2csc(=O)[nH]2)c(C)c1CC(=O)O. The van der Waals surface area contributed by atoms with Crippen molar-refractivity contribution < 1.29 is 9.90 Å². The maximum absolute atomic E-state index is 11.9. The van der Waals surface area contributed by atoms with E-state index in [1.54, 1.807) is 19.2 Å². The van der Waals surface area contributed by atoms with Crippen LogP contribution in [-0.2, 0) is 17.8 Å². The highest BCUT2D eigenvalue weighted by atomic mass is 32.1. The largest absolute Gasteiger partial charge is 0.481 e. The number of nitrogens with one attached hydrogen (secondary N) is 1. The number of hydrogen-bond donors (Lipinski definition) is 2. The number of aliphatic carboxylic acids is 1. The molecule has 0 aliphatic rings. The summed E-state index contributed by atoms with van der Waals surface area (Å²) in [7, 11) is 0. The van der Waals surface area contributed by atoms with Crippen molar-refractivity contribution >= 4 is 17.3 Å². The summed E-state index contributed by atoms with van der Waals surface area (Å²) in [5.41, 5.74) is 1.63. The molecule has 0 aliphatic heterocycles. The summed E-state index contributed by atoms with van der Waals surface area (Å²) in [6.07, 6.45) is -0.189. The second kappa shape index (κ2) is 5.41. The lowest BCUT2D eigenvalue weighted by Crippen LogP contribution is -2.29. The van der Waals surface area contributed by atoms with E-state index >= 15 is 0 Å². The molecule has 0 aromatic carbocycles. The number of carboxylic acid groups (broad SMARTS) is 1. The highest BCUT2D eigenvalue weighted by molar-refractivity contribution is 7.07. The Bertz CT molecular complexity index is 772. The van der Waals surface area contributed by atoms with Crippen molar-refractivity contribution in [3.8, 4) is 0 Å². The highest BCUT2D eigenvalue weighted by Gasteiger charge is 2.14. The van der Waals surface area contributed by atoms with Crippen LogP contribution in [0.15, 0.2) is 15.0 Å². The van der Waals surface area contributed by atoms with E-state index in [9.17, 15) is 14.4 Å². The van der Waals surface area contributed by atoms with Crippen LogP contribution >= 0.6 is 11.3 Å². The van der Waals surface area contributed by atoms with Crippen molar-refractivity contribution in [2.75, 3.05) is 0 Å². The number of aromatic nitrogens is 3. The lowest BCUT2D eigenvalue weighted by molar-refractivity contribution is -0.136. The molecule has 0 radical (unpaired) electrons. The molecule has 0 fully saturated rings. The highest BCUT2D eigenvalue weighted by Crippen LogP contribution is 2.11. The molecule has 0 aliphatic carbocycles. The summed E-state index contributed by atoms with van der Waals surface area (Å²) >= 11 is 1.01. The predicted molar refractivity (Wildman–Crippen MR) is 73.4 cm³/mol. The number of aryl methyl sites for hydroxylation is 1. The lowest BCUT2D eigenvalue weighted by atomic mass is 10.1. The Morgan fingerprint density at radius 1 is 1.45 bits per heavy atom. The molecular weight excluding hydrogens is 282 g/mol. The first-order chi connectivity index (χ1) is 9.38. The van der Waals surface area contributed by atoms with Crippen LogP contribution in [0.4, 0.5) is 0 Å². The molecule has 0 unspecified atom stereocenters. The van der Waals surface area contributed by atoms with Gasteiger partial charge in [0.05, 0.1) is 13.0 Å². The minimum Gasteiger partial charge on any atom is -0.481 e. The van der Waals surface area contributed by atoms with Gasteiger partial charge in [0, 0.05) is 28.0 Å². The van der Waals surface area contributed by atoms with Gasteiger partial charge >= 0.3 is 16.5 Å². The zero-order chi connectivity index (χ0) is 14.9. The Balaban J connectivity index is 2.49. The molecule has 2 aromatic rings. The average Bonchev–Trinajstić information content (AvgIpc) is 2.75. The van der Waals surface area contributed by atoms with E-state index in [1.807, 2.05) is 0 Å². The summed E-state index contributed by atoms with van der Waals surface area (Å²) in [5, 5.41) is 10.5. The fourth-order valence-electron chi connectivity index (χ4n) is 1.99. The first-order valence-electron chi connectivity index (χ1n) is 5.84. The van der Waals surface area contributed by atoms with Crippen LogP contribution in [0, 0.1) is 13.8 Å². The monoisotopic (exact) mass is 295 g/mol. The normalized spacial score (nSPS) is 10.7. The van der Waals surface area contributed by atoms with Crippen molar-refractivity contribution in [3.63, 3.8) is 0 Å². The van der Waals surface area contributed by atoms with Gasteiger partial charge in [0.15, 0.2) is 0 Å². The third kappa shape index (κ3) is 2.85. The summed E-state index contributed by atoms with van der Waals surface area (Å²) in [4.78, 5) is 40.2. The van der Waals surface area contributed by atoms with Gasteiger partial charge in [-0.15, -0.1) is 0 Å². The number of carboxylic acids is 1. The number of thiazole rings is 1. The maximum atomic E-state index is 11.9. The molecule has 2 aromatic heterocycles. The van der Waals surface area contributed by atoms with E-state index in [1.165, 1.54) is 4.57 Å². The van der Waals surface area contributed by atoms with E-state index in [4.69, 9.17) is 5.11 Å². The van der Waals surface area contributed by atoms with Crippen LogP contribution in [0.25, 0.3) is 0 Å². The number of hydrogen-bond acceptors (Lipinski definition) is 5. The molecule has 7 nitrogen and oxygen atoms in total. The Morgan fingerprint density at radius 2 is 2.15 bits per heavy atom. The van der Waals surface area contributed by atoms with Gasteiger partial charge in [-0.25, -0.2) is 4.79 Å². The third-order valence-electron chi connectivity index (χ3n) is 3.00. The van der Waals surface area contributed by atoms with Crippen LogP contribution < -0.4 is 10.6 Å². The molecule has 0 spiro atoms.